The number of aromatic nitrogens is 4. The third kappa shape index (κ3) is 5.36. The number of anilines is 1. The van der Waals surface area contributed by atoms with Gasteiger partial charge in [0.05, 0.1) is 17.1 Å². The van der Waals surface area contributed by atoms with Crippen LogP contribution in [-0.2, 0) is 19.7 Å². The predicted octanol–water partition coefficient (Wildman–Crippen LogP) is 3.42. The Balaban J connectivity index is 1.29. The first-order valence-electron chi connectivity index (χ1n) is 12.6. The van der Waals surface area contributed by atoms with Gasteiger partial charge in [-0.1, -0.05) is 41.9 Å². The molecule has 38 heavy (non-hydrogen) atoms. The minimum Gasteiger partial charge on any atom is -0.483 e. The fourth-order valence-electron chi connectivity index (χ4n) is 4.59. The molecule has 5 rings (SSSR count). The molecule has 0 bridgehead atoms. The van der Waals surface area contributed by atoms with E-state index >= 15 is 0 Å². The molecule has 0 fully saturated rings. The zero-order valence-electron chi connectivity index (χ0n) is 21.3. The van der Waals surface area contributed by atoms with E-state index in [0.717, 1.165) is 22.2 Å². The van der Waals surface area contributed by atoms with Gasteiger partial charge in [-0.25, -0.2) is 4.98 Å². The highest BCUT2D eigenvalue weighted by Gasteiger charge is 2.32. The van der Waals surface area contributed by atoms with E-state index in [1.54, 1.807) is 17.2 Å². The van der Waals surface area contributed by atoms with E-state index in [9.17, 15) is 9.59 Å². The molecule has 0 aliphatic carbocycles. The van der Waals surface area contributed by atoms with Crippen molar-refractivity contribution >= 4 is 34.2 Å². The first-order chi connectivity index (χ1) is 18.4. The van der Waals surface area contributed by atoms with Crippen molar-refractivity contribution in [3.63, 3.8) is 0 Å². The number of H-pyrrole nitrogens is 1. The fraction of sp³-hybridized carbons (Fsp3) is 0.333. The van der Waals surface area contributed by atoms with Gasteiger partial charge in [0, 0.05) is 56.6 Å². The van der Waals surface area contributed by atoms with Crippen molar-refractivity contribution in [3.05, 3.63) is 81.0 Å². The molecule has 3 aromatic heterocycles. The third-order valence-electron chi connectivity index (χ3n) is 6.54. The summed E-state index contributed by atoms with van der Waals surface area (Å²) in [7, 11) is 0. The molecular formula is C27H30ClN7O3. The van der Waals surface area contributed by atoms with Gasteiger partial charge in [-0.05, 0) is 19.4 Å². The molecule has 4 aromatic rings. The summed E-state index contributed by atoms with van der Waals surface area (Å²) in [6.07, 6.45) is 1.64. The molecule has 3 N–H and O–H groups in total. The lowest BCUT2D eigenvalue weighted by Gasteiger charge is -2.35. The number of benzene rings is 1. The Morgan fingerprint density at radius 2 is 1.95 bits per heavy atom. The summed E-state index contributed by atoms with van der Waals surface area (Å²) in [6, 6.07) is 13.0. The van der Waals surface area contributed by atoms with Crippen LogP contribution in [0.2, 0.25) is 5.15 Å². The number of carbonyl (C=O) groups is 1. The molecule has 198 valence electrons. The average Bonchev–Trinajstić information content (AvgIpc) is 3.38. The van der Waals surface area contributed by atoms with Gasteiger partial charge < -0.3 is 24.8 Å². The number of aromatic amines is 1. The number of rotatable bonds is 10. The first kappa shape index (κ1) is 25.7. The summed E-state index contributed by atoms with van der Waals surface area (Å²) in [6.45, 7) is 6.92. The number of ether oxygens (including phenoxy) is 1. The number of amides is 1. The quantitative estimate of drug-likeness (QED) is 0.210. The highest BCUT2D eigenvalue weighted by atomic mass is 35.5. The van der Waals surface area contributed by atoms with E-state index in [1.165, 1.54) is 0 Å². The van der Waals surface area contributed by atoms with Crippen LogP contribution in [0, 0.1) is 0 Å². The molecule has 0 atom stereocenters. The molecule has 1 amide bonds. The van der Waals surface area contributed by atoms with Gasteiger partial charge in [0.2, 0.25) is 5.43 Å². The normalized spacial score (nSPS) is 13.3. The second-order valence-electron chi connectivity index (χ2n) is 9.43. The molecule has 1 aliphatic rings. The number of nitrogens with zero attached hydrogens (tertiary/aromatic N) is 4. The number of hydrogen-bond acceptors (Lipinski definition) is 7. The zero-order valence-corrected chi connectivity index (χ0v) is 22.1. The van der Waals surface area contributed by atoms with Gasteiger partial charge in [-0.15, -0.1) is 0 Å². The van der Waals surface area contributed by atoms with E-state index in [-0.39, 0.29) is 29.7 Å². The van der Waals surface area contributed by atoms with E-state index in [1.807, 2.05) is 54.8 Å². The summed E-state index contributed by atoms with van der Waals surface area (Å²) in [5, 5.41) is 14.6. The molecule has 1 aromatic carbocycles. The van der Waals surface area contributed by atoms with Gasteiger partial charge in [-0.3, -0.25) is 14.7 Å². The Morgan fingerprint density at radius 1 is 1.13 bits per heavy atom. The van der Waals surface area contributed by atoms with Crippen LogP contribution >= 0.6 is 11.6 Å². The van der Waals surface area contributed by atoms with Crippen molar-refractivity contribution in [1.29, 1.82) is 0 Å². The van der Waals surface area contributed by atoms with Gasteiger partial charge in [0.25, 0.3) is 5.91 Å². The lowest BCUT2D eigenvalue weighted by Crippen LogP contribution is -2.46. The van der Waals surface area contributed by atoms with Crippen LogP contribution in [0.5, 0.6) is 5.75 Å². The van der Waals surface area contributed by atoms with Crippen LogP contribution in [0.4, 0.5) is 5.82 Å². The van der Waals surface area contributed by atoms with E-state index in [2.05, 4.69) is 25.8 Å². The van der Waals surface area contributed by atoms with Crippen LogP contribution < -0.4 is 20.8 Å². The maximum Gasteiger partial charge on any atom is 0.274 e. The van der Waals surface area contributed by atoms with E-state index < -0.39 is 0 Å². The summed E-state index contributed by atoms with van der Waals surface area (Å²) < 4.78 is 7.88. The summed E-state index contributed by atoms with van der Waals surface area (Å²) in [4.78, 5) is 32.7. The summed E-state index contributed by atoms with van der Waals surface area (Å²) in [5.74, 6) is 0.556. The predicted molar refractivity (Wildman–Crippen MR) is 147 cm³/mol. The first-order valence-corrected chi connectivity index (χ1v) is 13.0. The van der Waals surface area contributed by atoms with Gasteiger partial charge >= 0.3 is 0 Å². The lowest BCUT2D eigenvalue weighted by atomic mass is 10.1. The van der Waals surface area contributed by atoms with Crippen molar-refractivity contribution in [2.24, 2.45) is 0 Å². The number of pyridine rings is 2. The number of carbonyl (C=O) groups excluding carboxylic acids is 1. The van der Waals surface area contributed by atoms with Gasteiger partial charge in [0.15, 0.2) is 11.4 Å². The van der Waals surface area contributed by atoms with Crippen LogP contribution in [0.15, 0.2) is 53.5 Å². The smallest absolute Gasteiger partial charge is 0.274 e. The molecule has 1 aliphatic heterocycles. The van der Waals surface area contributed by atoms with Crippen molar-refractivity contribution in [2.45, 2.75) is 39.6 Å². The second kappa shape index (κ2) is 11.2. The van der Waals surface area contributed by atoms with Crippen LogP contribution in [0.3, 0.4) is 0 Å². The van der Waals surface area contributed by atoms with Crippen molar-refractivity contribution < 1.29 is 9.53 Å². The third-order valence-corrected chi connectivity index (χ3v) is 6.82. The van der Waals surface area contributed by atoms with Gasteiger partial charge in [-0.2, -0.15) is 5.10 Å². The topological polar surface area (TPSA) is 117 Å². The highest BCUT2D eigenvalue weighted by Crippen LogP contribution is 2.25. The zero-order chi connectivity index (χ0) is 26.6. The molecule has 10 nitrogen and oxygen atoms in total. The number of hydrogen-bond donors (Lipinski definition) is 3. The monoisotopic (exact) mass is 535 g/mol. The Bertz CT molecular complexity index is 1500. The number of halogens is 1. The molecule has 0 saturated heterocycles. The molecule has 11 heteroatoms. The Labute approximate surface area is 225 Å². The summed E-state index contributed by atoms with van der Waals surface area (Å²) in [5.41, 5.74) is 2.49. The van der Waals surface area contributed by atoms with E-state index in [0.29, 0.717) is 49.4 Å². The second-order valence-corrected chi connectivity index (χ2v) is 9.79. The molecular weight excluding hydrogens is 506 g/mol. The maximum atomic E-state index is 13.5. The molecule has 0 radical (unpaired) electrons. The Kier molecular flexibility index (Phi) is 7.62. The number of fused-ring (bicyclic) bond motifs is 2. The molecule has 0 spiro atoms. The Hall–Kier alpha value is -3.89. The summed E-state index contributed by atoms with van der Waals surface area (Å²) >= 11 is 6.22. The Morgan fingerprint density at radius 3 is 2.74 bits per heavy atom. The van der Waals surface area contributed by atoms with E-state index in [4.69, 9.17) is 16.3 Å². The SMILES string of the molecule is CC(C)N1CCn2c(CNCCNc3cc4[nH]ncc4c(Cl)n3)cc(=O)c(OCc3ccccc3)c2C1=O. The lowest BCUT2D eigenvalue weighted by molar-refractivity contribution is 0.0636. The van der Waals surface area contributed by atoms with Crippen LogP contribution in [-0.4, -0.2) is 56.2 Å². The highest BCUT2D eigenvalue weighted by molar-refractivity contribution is 6.34. The molecule has 0 unspecified atom stereocenters. The van der Waals surface area contributed by atoms with Crippen LogP contribution in [0.1, 0.15) is 35.6 Å². The van der Waals surface area contributed by atoms with Crippen molar-refractivity contribution in [2.75, 3.05) is 25.0 Å². The standard InChI is InChI=1S/C27H30ClN7O3/c1-17(2)34-10-11-35-19(14-29-8-9-30-23-13-21-20(15-31-33-21)26(28)32-23)12-22(36)25(24(35)27(34)37)38-16-18-6-4-3-5-7-18/h3-7,12-13,15,17,29H,8-11,14,16H2,1-2H3,(H,30,32)(H,31,33). The van der Waals surface area contributed by atoms with Crippen LogP contribution in [0.25, 0.3) is 10.9 Å². The largest absolute Gasteiger partial charge is 0.483 e. The minimum absolute atomic E-state index is 0.0178. The fourth-order valence-corrected chi connectivity index (χ4v) is 4.83. The maximum absolute atomic E-state index is 13.5. The minimum atomic E-state index is -0.298. The molecule has 4 heterocycles. The van der Waals surface area contributed by atoms with Crippen molar-refractivity contribution in [1.82, 2.24) is 30.0 Å². The van der Waals surface area contributed by atoms with Gasteiger partial charge in [0.1, 0.15) is 17.6 Å². The average molecular weight is 536 g/mol. The number of nitrogens with one attached hydrogen (secondary N) is 3. The van der Waals surface area contributed by atoms with Crippen molar-refractivity contribution in [3.8, 4) is 5.75 Å². The molecule has 0 saturated carbocycles.